The number of fused-ring (bicyclic) bond motifs is 1. The summed E-state index contributed by atoms with van der Waals surface area (Å²) in [5.41, 5.74) is 11.1. The second-order valence-electron chi connectivity index (χ2n) is 6.24. The maximum Gasteiger partial charge on any atom is 0.227 e. The second-order valence-corrected chi connectivity index (χ2v) is 6.24. The molecule has 2 aromatic heterocycles. The van der Waals surface area contributed by atoms with Crippen molar-refractivity contribution in [1.29, 1.82) is 0 Å². The van der Waals surface area contributed by atoms with Crippen LogP contribution in [0, 0.1) is 0 Å². The van der Waals surface area contributed by atoms with Gasteiger partial charge in [-0.1, -0.05) is 18.2 Å². The quantitative estimate of drug-likeness (QED) is 0.573. The molecule has 5 nitrogen and oxygen atoms in total. The van der Waals surface area contributed by atoms with Gasteiger partial charge in [0.2, 0.25) is 5.95 Å². The second kappa shape index (κ2) is 6.90. The first kappa shape index (κ1) is 16.2. The number of pyridine rings is 1. The molecule has 0 aliphatic heterocycles. The average molecular weight is 341 g/mol. The Morgan fingerprint density at radius 2 is 1.69 bits per heavy atom. The molecule has 0 aliphatic carbocycles. The number of benzene rings is 2. The van der Waals surface area contributed by atoms with Crippen LogP contribution in [0.4, 0.5) is 11.6 Å². The molecule has 128 valence electrons. The van der Waals surface area contributed by atoms with Crippen LogP contribution < -0.4 is 11.1 Å². The third-order valence-electron chi connectivity index (χ3n) is 4.29. The first-order valence-electron chi connectivity index (χ1n) is 8.49. The number of rotatable bonds is 4. The lowest BCUT2D eigenvalue weighted by atomic mass is 10.1. The van der Waals surface area contributed by atoms with E-state index in [0.717, 1.165) is 33.3 Å². The van der Waals surface area contributed by atoms with Crippen molar-refractivity contribution in [1.82, 2.24) is 15.0 Å². The Hall–Kier alpha value is -3.31. The summed E-state index contributed by atoms with van der Waals surface area (Å²) in [5, 5.41) is 4.23. The summed E-state index contributed by atoms with van der Waals surface area (Å²) in [6, 6.07) is 18.2. The lowest BCUT2D eigenvalue weighted by Gasteiger charge is -2.09. The highest BCUT2D eigenvalue weighted by Crippen LogP contribution is 2.24. The van der Waals surface area contributed by atoms with E-state index in [2.05, 4.69) is 32.4 Å². The number of nitrogens with one attached hydrogen (secondary N) is 1. The van der Waals surface area contributed by atoms with Crippen molar-refractivity contribution in [3.8, 4) is 11.1 Å². The summed E-state index contributed by atoms with van der Waals surface area (Å²) in [6.45, 7) is 1.97. The minimum Gasteiger partial charge on any atom is -0.324 e. The SMILES string of the molecule is C[C@H](N)c1ccc(Nc2ncc3cc(-c4ccncc4)ccc3n2)cc1. The molecule has 4 rings (SSSR count). The van der Waals surface area contributed by atoms with Gasteiger partial charge in [0.05, 0.1) is 5.52 Å². The van der Waals surface area contributed by atoms with Crippen molar-refractivity contribution in [2.75, 3.05) is 5.32 Å². The molecule has 0 spiro atoms. The molecule has 3 N–H and O–H groups in total. The van der Waals surface area contributed by atoms with Crippen LogP contribution >= 0.6 is 0 Å². The summed E-state index contributed by atoms with van der Waals surface area (Å²) in [4.78, 5) is 13.1. The van der Waals surface area contributed by atoms with Gasteiger partial charge in [-0.25, -0.2) is 9.97 Å². The minimum absolute atomic E-state index is 0.0237. The largest absolute Gasteiger partial charge is 0.324 e. The molecule has 1 atom stereocenters. The highest BCUT2D eigenvalue weighted by Gasteiger charge is 2.04. The lowest BCUT2D eigenvalue weighted by molar-refractivity contribution is 0.818. The van der Waals surface area contributed by atoms with Crippen LogP contribution in [0.5, 0.6) is 0 Å². The van der Waals surface area contributed by atoms with Crippen LogP contribution in [0.15, 0.2) is 73.2 Å². The van der Waals surface area contributed by atoms with Crippen molar-refractivity contribution >= 4 is 22.5 Å². The van der Waals surface area contributed by atoms with Gasteiger partial charge in [-0.3, -0.25) is 4.98 Å². The van der Waals surface area contributed by atoms with Crippen molar-refractivity contribution in [3.63, 3.8) is 0 Å². The molecule has 2 aromatic carbocycles. The first-order valence-corrected chi connectivity index (χ1v) is 8.49. The molecule has 0 bridgehead atoms. The lowest BCUT2D eigenvalue weighted by Crippen LogP contribution is -2.04. The molecular formula is C21H19N5. The van der Waals surface area contributed by atoms with E-state index in [-0.39, 0.29) is 6.04 Å². The summed E-state index contributed by atoms with van der Waals surface area (Å²) >= 11 is 0. The van der Waals surface area contributed by atoms with Crippen molar-refractivity contribution in [3.05, 3.63) is 78.8 Å². The fourth-order valence-corrected chi connectivity index (χ4v) is 2.82. The zero-order valence-corrected chi connectivity index (χ0v) is 14.4. The van der Waals surface area contributed by atoms with Gasteiger partial charge in [0.1, 0.15) is 0 Å². The van der Waals surface area contributed by atoms with Crippen LogP contribution in [-0.2, 0) is 0 Å². The molecule has 0 unspecified atom stereocenters. The van der Waals surface area contributed by atoms with Crippen molar-refractivity contribution in [2.24, 2.45) is 5.73 Å². The molecule has 0 saturated carbocycles. The van der Waals surface area contributed by atoms with E-state index in [0.29, 0.717) is 5.95 Å². The molecule has 5 heteroatoms. The first-order chi connectivity index (χ1) is 12.7. The van der Waals surface area contributed by atoms with E-state index >= 15 is 0 Å². The topological polar surface area (TPSA) is 76.7 Å². The number of aromatic nitrogens is 3. The van der Waals surface area contributed by atoms with E-state index in [1.165, 1.54) is 0 Å². The van der Waals surface area contributed by atoms with Gasteiger partial charge >= 0.3 is 0 Å². The van der Waals surface area contributed by atoms with Gasteiger partial charge in [0, 0.05) is 35.7 Å². The van der Waals surface area contributed by atoms with Crippen LogP contribution in [0.3, 0.4) is 0 Å². The summed E-state index contributed by atoms with van der Waals surface area (Å²) in [5.74, 6) is 0.572. The Kier molecular flexibility index (Phi) is 4.29. The summed E-state index contributed by atoms with van der Waals surface area (Å²) < 4.78 is 0. The summed E-state index contributed by atoms with van der Waals surface area (Å²) in [7, 11) is 0. The molecule has 0 fully saturated rings. The molecule has 0 aliphatic rings. The third-order valence-corrected chi connectivity index (χ3v) is 4.29. The number of anilines is 2. The monoisotopic (exact) mass is 341 g/mol. The average Bonchev–Trinajstić information content (AvgIpc) is 2.69. The summed E-state index contributed by atoms with van der Waals surface area (Å²) in [6.07, 6.45) is 5.42. The smallest absolute Gasteiger partial charge is 0.227 e. The van der Waals surface area contributed by atoms with Gasteiger partial charge in [-0.15, -0.1) is 0 Å². The van der Waals surface area contributed by atoms with Crippen molar-refractivity contribution in [2.45, 2.75) is 13.0 Å². The Morgan fingerprint density at radius 3 is 2.42 bits per heavy atom. The maximum atomic E-state index is 5.88. The fourth-order valence-electron chi connectivity index (χ4n) is 2.82. The molecule has 2 heterocycles. The van der Waals surface area contributed by atoms with E-state index in [4.69, 9.17) is 5.73 Å². The zero-order valence-electron chi connectivity index (χ0n) is 14.4. The molecule has 4 aromatic rings. The van der Waals surface area contributed by atoms with Gasteiger partial charge < -0.3 is 11.1 Å². The highest BCUT2D eigenvalue weighted by atomic mass is 15.1. The minimum atomic E-state index is 0.0237. The van der Waals surface area contributed by atoms with Gasteiger partial charge in [-0.05, 0) is 60.0 Å². The number of hydrogen-bond donors (Lipinski definition) is 2. The van der Waals surface area contributed by atoms with Gasteiger partial charge in [0.15, 0.2) is 0 Å². The standard InChI is InChI=1S/C21H19N5/c1-14(22)15-2-5-19(6-3-15)25-21-24-13-18-12-17(4-7-20(18)26-21)16-8-10-23-11-9-16/h2-14H,22H2,1H3,(H,24,25,26)/t14-/m0/s1. The molecule has 26 heavy (non-hydrogen) atoms. The number of hydrogen-bond acceptors (Lipinski definition) is 5. The van der Waals surface area contributed by atoms with Crippen molar-refractivity contribution < 1.29 is 0 Å². The Bertz CT molecular complexity index is 1030. The van der Waals surface area contributed by atoms with Crippen LogP contribution in [0.1, 0.15) is 18.5 Å². The van der Waals surface area contributed by atoms with Crippen LogP contribution in [-0.4, -0.2) is 15.0 Å². The molecular weight excluding hydrogens is 322 g/mol. The van der Waals surface area contributed by atoms with E-state index in [1.807, 2.05) is 55.6 Å². The van der Waals surface area contributed by atoms with E-state index in [9.17, 15) is 0 Å². The number of nitrogens with two attached hydrogens (primary N) is 1. The predicted molar refractivity (Wildman–Crippen MR) is 105 cm³/mol. The molecule has 0 amide bonds. The zero-order chi connectivity index (χ0) is 17.9. The fraction of sp³-hybridized carbons (Fsp3) is 0.0952. The number of nitrogens with zero attached hydrogens (tertiary/aromatic N) is 3. The third kappa shape index (κ3) is 3.38. The Labute approximate surface area is 152 Å². The Balaban J connectivity index is 1.59. The normalized spacial score (nSPS) is 12.1. The Morgan fingerprint density at radius 1 is 0.923 bits per heavy atom. The van der Waals surface area contributed by atoms with Crippen LogP contribution in [0.2, 0.25) is 0 Å². The van der Waals surface area contributed by atoms with Gasteiger partial charge in [-0.2, -0.15) is 0 Å². The van der Waals surface area contributed by atoms with Gasteiger partial charge in [0.25, 0.3) is 0 Å². The van der Waals surface area contributed by atoms with E-state index in [1.54, 1.807) is 12.4 Å². The highest BCUT2D eigenvalue weighted by molar-refractivity contribution is 5.84. The molecule has 0 radical (unpaired) electrons. The predicted octanol–water partition coefficient (Wildman–Crippen LogP) is 4.46. The van der Waals surface area contributed by atoms with Crippen LogP contribution in [0.25, 0.3) is 22.0 Å². The maximum absolute atomic E-state index is 5.88. The van der Waals surface area contributed by atoms with E-state index < -0.39 is 0 Å². The molecule has 0 saturated heterocycles.